The van der Waals surface area contributed by atoms with Crippen LogP contribution in [0, 0.1) is 6.92 Å². The van der Waals surface area contributed by atoms with Crippen LogP contribution in [0.5, 0.6) is 5.75 Å². The Morgan fingerprint density at radius 2 is 1.93 bits per heavy atom. The van der Waals surface area contributed by atoms with Crippen LogP contribution in [0.1, 0.15) is 36.7 Å². The molecule has 15 heavy (non-hydrogen) atoms. The van der Waals surface area contributed by atoms with Gasteiger partial charge < -0.3 is 9.84 Å². The first kappa shape index (κ1) is 11.6. The summed E-state index contributed by atoms with van der Waals surface area (Å²) in [4.78, 5) is 11.0. The van der Waals surface area contributed by atoms with Crippen molar-refractivity contribution >= 4 is 5.97 Å². The van der Waals surface area contributed by atoms with Gasteiger partial charge >= 0.3 is 5.97 Å². The fraction of sp³-hybridized carbons (Fsp3) is 0.417. The molecule has 82 valence electrons. The summed E-state index contributed by atoms with van der Waals surface area (Å²) in [5.41, 5.74) is 0.564. The summed E-state index contributed by atoms with van der Waals surface area (Å²) in [6.45, 7) is 7.43. The molecule has 3 heteroatoms. The molecule has 0 unspecified atom stereocenters. The minimum Gasteiger partial charge on any atom is -0.487 e. The highest BCUT2D eigenvalue weighted by Crippen LogP contribution is 2.25. The van der Waals surface area contributed by atoms with E-state index in [0.29, 0.717) is 11.3 Å². The summed E-state index contributed by atoms with van der Waals surface area (Å²) >= 11 is 0. The smallest absolute Gasteiger partial charge is 0.339 e. The van der Waals surface area contributed by atoms with E-state index >= 15 is 0 Å². The Bertz CT molecular complexity index is 375. The molecule has 1 N–H and O–H groups in total. The van der Waals surface area contributed by atoms with Gasteiger partial charge in [0.15, 0.2) is 0 Å². The van der Waals surface area contributed by atoms with E-state index in [9.17, 15) is 4.79 Å². The molecule has 0 saturated heterocycles. The second-order valence-electron chi connectivity index (χ2n) is 4.47. The van der Waals surface area contributed by atoms with Crippen LogP contribution >= 0.6 is 0 Å². The lowest BCUT2D eigenvalue weighted by Gasteiger charge is -2.22. The first-order valence-corrected chi connectivity index (χ1v) is 4.83. The van der Waals surface area contributed by atoms with Crippen LogP contribution < -0.4 is 4.74 Å². The van der Waals surface area contributed by atoms with Gasteiger partial charge in [-0.1, -0.05) is 12.1 Å². The number of benzene rings is 1. The van der Waals surface area contributed by atoms with E-state index in [1.807, 2.05) is 20.8 Å². The molecule has 0 aliphatic rings. The molecular formula is C12H16O3. The second kappa shape index (κ2) is 3.93. The van der Waals surface area contributed by atoms with Gasteiger partial charge in [0, 0.05) is 0 Å². The zero-order valence-corrected chi connectivity index (χ0v) is 9.50. The predicted molar refractivity (Wildman–Crippen MR) is 58.5 cm³/mol. The maximum Gasteiger partial charge on any atom is 0.339 e. The van der Waals surface area contributed by atoms with Gasteiger partial charge in [-0.25, -0.2) is 4.79 Å². The molecule has 1 rings (SSSR count). The number of carboxylic acid groups (broad SMARTS) is 1. The van der Waals surface area contributed by atoms with E-state index in [4.69, 9.17) is 9.84 Å². The Kier molecular flexibility index (Phi) is 3.03. The van der Waals surface area contributed by atoms with Crippen molar-refractivity contribution in [3.05, 3.63) is 29.3 Å². The second-order valence-corrected chi connectivity index (χ2v) is 4.47. The van der Waals surface area contributed by atoms with Crippen molar-refractivity contribution in [2.45, 2.75) is 33.3 Å². The van der Waals surface area contributed by atoms with Crippen molar-refractivity contribution in [3.8, 4) is 5.75 Å². The quantitative estimate of drug-likeness (QED) is 0.812. The first-order chi connectivity index (χ1) is 6.81. The summed E-state index contributed by atoms with van der Waals surface area (Å²) in [5, 5.41) is 9.06. The third kappa shape index (κ3) is 2.98. The van der Waals surface area contributed by atoms with Gasteiger partial charge in [-0.05, 0) is 39.3 Å². The molecule has 3 nitrogen and oxygen atoms in total. The van der Waals surface area contributed by atoms with Crippen LogP contribution in [0.4, 0.5) is 0 Å². The molecule has 0 aromatic heterocycles. The Labute approximate surface area is 89.7 Å². The number of aryl methyl sites for hydroxylation is 1. The Hall–Kier alpha value is -1.51. The molecular weight excluding hydrogens is 192 g/mol. The zero-order chi connectivity index (χ0) is 11.6. The number of ether oxygens (including phenoxy) is 1. The molecule has 0 bridgehead atoms. The molecule has 0 spiro atoms. The average molecular weight is 208 g/mol. The monoisotopic (exact) mass is 208 g/mol. The third-order valence-electron chi connectivity index (χ3n) is 1.86. The van der Waals surface area contributed by atoms with Crippen molar-refractivity contribution < 1.29 is 14.6 Å². The van der Waals surface area contributed by atoms with Crippen LogP contribution in [0.25, 0.3) is 0 Å². The number of hydrogen-bond acceptors (Lipinski definition) is 2. The highest BCUT2D eigenvalue weighted by atomic mass is 16.5. The highest BCUT2D eigenvalue weighted by Gasteiger charge is 2.19. The number of hydrogen-bond donors (Lipinski definition) is 1. The van der Waals surface area contributed by atoms with Gasteiger partial charge in [-0.15, -0.1) is 0 Å². The normalized spacial score (nSPS) is 11.2. The molecule has 0 saturated carbocycles. The maximum absolute atomic E-state index is 11.0. The van der Waals surface area contributed by atoms with Gasteiger partial charge in [0.1, 0.15) is 16.9 Å². The van der Waals surface area contributed by atoms with Crippen LogP contribution in [0.2, 0.25) is 0 Å². The first-order valence-electron chi connectivity index (χ1n) is 4.83. The van der Waals surface area contributed by atoms with Gasteiger partial charge in [-0.3, -0.25) is 0 Å². The lowest BCUT2D eigenvalue weighted by Crippen LogP contribution is -2.24. The molecule has 0 radical (unpaired) electrons. The number of aromatic carboxylic acids is 1. The van der Waals surface area contributed by atoms with Crippen LogP contribution in [0.15, 0.2) is 18.2 Å². The van der Waals surface area contributed by atoms with E-state index in [1.165, 1.54) is 0 Å². The molecule has 0 atom stereocenters. The maximum atomic E-state index is 11.0. The van der Waals surface area contributed by atoms with E-state index < -0.39 is 11.6 Å². The number of carbonyl (C=O) groups is 1. The summed E-state index contributed by atoms with van der Waals surface area (Å²) in [5.74, 6) is -0.526. The summed E-state index contributed by atoms with van der Waals surface area (Å²) in [6, 6.07) is 5.24. The van der Waals surface area contributed by atoms with Crippen molar-refractivity contribution in [1.29, 1.82) is 0 Å². The Balaban J connectivity index is 3.18. The van der Waals surface area contributed by atoms with Gasteiger partial charge in [0.05, 0.1) is 0 Å². The lowest BCUT2D eigenvalue weighted by atomic mass is 10.1. The number of rotatable bonds is 2. The third-order valence-corrected chi connectivity index (χ3v) is 1.86. The average Bonchev–Trinajstić information content (AvgIpc) is 1.99. The van der Waals surface area contributed by atoms with Gasteiger partial charge in [0.25, 0.3) is 0 Å². The minimum atomic E-state index is -0.952. The number of carboxylic acids is 1. The van der Waals surface area contributed by atoms with Crippen molar-refractivity contribution in [1.82, 2.24) is 0 Å². The van der Waals surface area contributed by atoms with Crippen LogP contribution in [-0.4, -0.2) is 16.7 Å². The largest absolute Gasteiger partial charge is 0.487 e. The fourth-order valence-electron chi connectivity index (χ4n) is 1.33. The predicted octanol–water partition coefficient (Wildman–Crippen LogP) is 2.87. The van der Waals surface area contributed by atoms with Gasteiger partial charge in [-0.2, -0.15) is 0 Å². The Morgan fingerprint density at radius 3 is 2.40 bits per heavy atom. The fourth-order valence-corrected chi connectivity index (χ4v) is 1.33. The molecule has 0 heterocycles. The summed E-state index contributed by atoms with van der Waals surface area (Å²) in [6.07, 6.45) is 0. The lowest BCUT2D eigenvalue weighted by molar-refractivity contribution is 0.0680. The minimum absolute atomic E-state index is 0.243. The standard InChI is InChI=1S/C12H16O3/c1-8-6-5-7-9(10(8)11(13)14)15-12(2,3)4/h5-7H,1-4H3,(H,13,14). The van der Waals surface area contributed by atoms with E-state index in [-0.39, 0.29) is 5.56 Å². The Morgan fingerprint density at radius 1 is 1.33 bits per heavy atom. The van der Waals surface area contributed by atoms with Crippen molar-refractivity contribution in [3.63, 3.8) is 0 Å². The molecule has 0 aliphatic carbocycles. The van der Waals surface area contributed by atoms with Gasteiger partial charge in [0.2, 0.25) is 0 Å². The van der Waals surface area contributed by atoms with E-state index in [1.54, 1.807) is 25.1 Å². The topological polar surface area (TPSA) is 46.5 Å². The SMILES string of the molecule is Cc1cccc(OC(C)(C)C)c1C(=O)O. The summed E-state index contributed by atoms with van der Waals surface area (Å²) < 4.78 is 5.59. The summed E-state index contributed by atoms with van der Waals surface area (Å²) in [7, 11) is 0. The van der Waals surface area contributed by atoms with Crippen LogP contribution in [-0.2, 0) is 0 Å². The highest BCUT2D eigenvalue weighted by molar-refractivity contribution is 5.92. The molecule has 1 aromatic rings. The molecule has 0 aliphatic heterocycles. The van der Waals surface area contributed by atoms with Crippen molar-refractivity contribution in [2.24, 2.45) is 0 Å². The molecule has 0 amide bonds. The van der Waals surface area contributed by atoms with Crippen LogP contribution in [0.3, 0.4) is 0 Å². The zero-order valence-electron chi connectivity index (χ0n) is 9.50. The van der Waals surface area contributed by atoms with E-state index in [0.717, 1.165) is 0 Å². The van der Waals surface area contributed by atoms with Crippen molar-refractivity contribution in [2.75, 3.05) is 0 Å². The molecule has 0 fully saturated rings. The molecule has 1 aromatic carbocycles. The van der Waals surface area contributed by atoms with E-state index in [2.05, 4.69) is 0 Å².